The molecule has 1 N–H and O–H groups in total. The second-order valence-electron chi connectivity index (χ2n) is 4.17. The molecule has 0 saturated heterocycles. The van der Waals surface area contributed by atoms with Crippen LogP contribution in [0, 0.1) is 12.7 Å². The van der Waals surface area contributed by atoms with E-state index in [2.05, 4.69) is 15.9 Å². The van der Waals surface area contributed by atoms with Gasteiger partial charge in [0.1, 0.15) is 11.4 Å². The summed E-state index contributed by atoms with van der Waals surface area (Å²) in [6, 6.07) is 4.82. The molecule has 1 unspecified atom stereocenters. The zero-order chi connectivity index (χ0) is 12.6. The number of hydrogen-bond acceptors (Lipinski definition) is 2. The summed E-state index contributed by atoms with van der Waals surface area (Å²) in [6.45, 7) is 3.37. The molecule has 1 atom stereocenters. The Labute approximate surface area is 112 Å². The van der Waals surface area contributed by atoms with Crippen molar-refractivity contribution in [3.05, 3.63) is 55.9 Å². The van der Waals surface area contributed by atoms with E-state index < -0.39 is 5.60 Å². The average Bonchev–Trinajstić information content (AvgIpc) is 2.69. The van der Waals surface area contributed by atoms with Gasteiger partial charge in [-0.1, -0.05) is 12.1 Å². The zero-order valence-corrected chi connectivity index (χ0v) is 11.9. The molecule has 1 nitrogen and oxygen atoms in total. The quantitative estimate of drug-likeness (QED) is 0.880. The number of aliphatic hydroxyl groups is 1. The summed E-state index contributed by atoms with van der Waals surface area (Å²) in [5.41, 5.74) is 0.701. The summed E-state index contributed by atoms with van der Waals surface area (Å²) in [7, 11) is 0. The van der Waals surface area contributed by atoms with Crippen LogP contribution in [0.2, 0.25) is 0 Å². The highest BCUT2D eigenvalue weighted by Crippen LogP contribution is 2.36. The van der Waals surface area contributed by atoms with Crippen molar-refractivity contribution in [3.63, 3.8) is 0 Å². The maximum Gasteiger partial charge on any atom is 0.126 e. The van der Waals surface area contributed by atoms with Gasteiger partial charge in [0.05, 0.1) is 0 Å². The highest BCUT2D eigenvalue weighted by Gasteiger charge is 2.29. The van der Waals surface area contributed by atoms with E-state index in [1.54, 1.807) is 26.0 Å². The average molecular weight is 315 g/mol. The fourth-order valence-corrected chi connectivity index (χ4v) is 3.46. The Morgan fingerprint density at radius 1 is 1.35 bits per heavy atom. The number of aryl methyl sites for hydroxylation is 1. The first kappa shape index (κ1) is 12.7. The molecule has 2 aromatic rings. The summed E-state index contributed by atoms with van der Waals surface area (Å²) < 4.78 is 14.4. The molecule has 0 aliphatic carbocycles. The van der Waals surface area contributed by atoms with Gasteiger partial charge in [-0.05, 0) is 52.4 Å². The van der Waals surface area contributed by atoms with Gasteiger partial charge < -0.3 is 5.11 Å². The minimum absolute atomic E-state index is 0.297. The van der Waals surface area contributed by atoms with Crippen LogP contribution in [0.1, 0.15) is 23.6 Å². The van der Waals surface area contributed by atoms with Crippen molar-refractivity contribution < 1.29 is 9.50 Å². The Morgan fingerprint density at radius 2 is 2.06 bits per heavy atom. The molecule has 1 aromatic carbocycles. The fraction of sp³-hybridized carbons (Fsp3) is 0.231. The Kier molecular flexibility index (Phi) is 3.39. The van der Waals surface area contributed by atoms with Crippen molar-refractivity contribution in [2.75, 3.05) is 0 Å². The van der Waals surface area contributed by atoms with E-state index >= 15 is 0 Å². The second-order valence-corrected chi connectivity index (χ2v) is 5.77. The van der Waals surface area contributed by atoms with Crippen LogP contribution in [0.5, 0.6) is 0 Å². The molecule has 0 aliphatic heterocycles. The maximum atomic E-state index is 13.5. The van der Waals surface area contributed by atoms with Crippen LogP contribution in [0.25, 0.3) is 0 Å². The molecule has 1 heterocycles. The molecule has 0 bridgehead atoms. The van der Waals surface area contributed by atoms with E-state index in [1.807, 2.05) is 10.8 Å². The van der Waals surface area contributed by atoms with Crippen molar-refractivity contribution in [2.45, 2.75) is 19.4 Å². The largest absolute Gasteiger partial charge is 0.381 e. The van der Waals surface area contributed by atoms with E-state index in [9.17, 15) is 9.50 Å². The lowest BCUT2D eigenvalue weighted by Crippen LogP contribution is -2.22. The molecule has 0 saturated carbocycles. The van der Waals surface area contributed by atoms with Crippen molar-refractivity contribution in [3.8, 4) is 0 Å². The number of hydrogen-bond donors (Lipinski definition) is 1. The van der Waals surface area contributed by atoms with Gasteiger partial charge in [-0.3, -0.25) is 0 Å². The Bertz CT molecular complexity index is 548. The van der Waals surface area contributed by atoms with E-state index in [1.165, 1.54) is 17.4 Å². The molecule has 0 fully saturated rings. The SMILES string of the molecule is Cc1ccc(C(C)(O)c2cscc2Br)cc1F. The van der Waals surface area contributed by atoms with E-state index in [0.29, 0.717) is 11.1 Å². The van der Waals surface area contributed by atoms with Crippen molar-refractivity contribution >= 4 is 27.3 Å². The van der Waals surface area contributed by atoms with E-state index in [4.69, 9.17) is 0 Å². The molecule has 2 rings (SSSR count). The summed E-state index contributed by atoms with van der Waals surface area (Å²) in [5.74, 6) is -0.297. The molecule has 0 spiro atoms. The van der Waals surface area contributed by atoms with Crippen LogP contribution in [-0.2, 0) is 5.60 Å². The van der Waals surface area contributed by atoms with Crippen LogP contribution < -0.4 is 0 Å². The predicted molar refractivity (Wildman–Crippen MR) is 71.8 cm³/mol. The topological polar surface area (TPSA) is 20.2 Å². The van der Waals surface area contributed by atoms with Crippen LogP contribution in [0.4, 0.5) is 4.39 Å². The molecular formula is C13H12BrFOS. The van der Waals surface area contributed by atoms with Crippen molar-refractivity contribution in [2.24, 2.45) is 0 Å². The molecule has 90 valence electrons. The van der Waals surface area contributed by atoms with Gasteiger partial charge in [-0.2, -0.15) is 11.3 Å². The first-order valence-electron chi connectivity index (χ1n) is 5.14. The highest BCUT2D eigenvalue weighted by molar-refractivity contribution is 9.10. The Balaban J connectivity index is 2.51. The normalized spacial score (nSPS) is 14.6. The minimum atomic E-state index is -1.19. The standard InChI is InChI=1S/C13H12BrFOS/c1-8-3-4-9(5-12(8)15)13(2,16)10-6-17-7-11(10)14/h3-7,16H,1-2H3. The third kappa shape index (κ3) is 2.30. The fourth-order valence-electron chi connectivity index (χ4n) is 1.68. The van der Waals surface area contributed by atoms with Crippen LogP contribution in [0.15, 0.2) is 33.4 Å². The van der Waals surface area contributed by atoms with Crippen molar-refractivity contribution in [1.82, 2.24) is 0 Å². The highest BCUT2D eigenvalue weighted by atomic mass is 79.9. The molecule has 0 amide bonds. The molecular weight excluding hydrogens is 303 g/mol. The number of rotatable bonds is 2. The third-order valence-electron chi connectivity index (χ3n) is 2.87. The lowest BCUT2D eigenvalue weighted by Gasteiger charge is -2.24. The number of thiophene rings is 1. The Hall–Kier alpha value is -0.710. The van der Waals surface area contributed by atoms with Gasteiger partial charge in [0.2, 0.25) is 0 Å². The summed E-state index contributed by atoms with van der Waals surface area (Å²) in [4.78, 5) is 0. The molecule has 0 radical (unpaired) electrons. The monoisotopic (exact) mass is 314 g/mol. The van der Waals surface area contributed by atoms with Gasteiger partial charge in [-0.25, -0.2) is 4.39 Å². The summed E-state index contributed by atoms with van der Waals surface area (Å²) in [6.07, 6.45) is 0. The van der Waals surface area contributed by atoms with Gasteiger partial charge >= 0.3 is 0 Å². The lowest BCUT2D eigenvalue weighted by atomic mass is 9.89. The van der Waals surface area contributed by atoms with Crippen LogP contribution in [-0.4, -0.2) is 5.11 Å². The zero-order valence-electron chi connectivity index (χ0n) is 9.50. The van der Waals surface area contributed by atoms with Crippen LogP contribution in [0.3, 0.4) is 0 Å². The molecule has 4 heteroatoms. The van der Waals surface area contributed by atoms with Gasteiger partial charge in [0.15, 0.2) is 0 Å². The van der Waals surface area contributed by atoms with E-state index in [0.717, 1.165) is 10.0 Å². The number of benzene rings is 1. The molecule has 0 aliphatic rings. The molecule has 1 aromatic heterocycles. The summed E-state index contributed by atoms with van der Waals surface area (Å²) >= 11 is 4.88. The number of halogens is 2. The maximum absolute atomic E-state index is 13.5. The van der Waals surface area contributed by atoms with Gasteiger partial charge in [0, 0.05) is 15.4 Å². The second kappa shape index (κ2) is 4.52. The first-order valence-corrected chi connectivity index (χ1v) is 6.87. The van der Waals surface area contributed by atoms with Gasteiger partial charge in [-0.15, -0.1) is 0 Å². The predicted octanol–water partition coefficient (Wildman–Crippen LogP) is 4.21. The van der Waals surface area contributed by atoms with E-state index in [-0.39, 0.29) is 5.82 Å². The Morgan fingerprint density at radius 3 is 2.59 bits per heavy atom. The summed E-state index contributed by atoms with van der Waals surface area (Å²) in [5, 5.41) is 14.3. The lowest BCUT2D eigenvalue weighted by molar-refractivity contribution is 0.102. The van der Waals surface area contributed by atoms with Crippen LogP contribution >= 0.6 is 27.3 Å². The first-order chi connectivity index (χ1) is 7.93. The molecule has 17 heavy (non-hydrogen) atoms. The smallest absolute Gasteiger partial charge is 0.126 e. The van der Waals surface area contributed by atoms with Gasteiger partial charge in [0.25, 0.3) is 0 Å². The van der Waals surface area contributed by atoms with Crippen molar-refractivity contribution in [1.29, 1.82) is 0 Å². The minimum Gasteiger partial charge on any atom is -0.381 e. The third-order valence-corrected chi connectivity index (χ3v) is 4.58.